The zero-order chi connectivity index (χ0) is 22.6. The molecule has 3 aromatic heterocycles. The van der Waals surface area contributed by atoms with Gasteiger partial charge in [0, 0.05) is 23.2 Å². The van der Waals surface area contributed by atoms with Gasteiger partial charge in [-0.05, 0) is 55.5 Å². The fourth-order valence-electron chi connectivity index (χ4n) is 3.99. The van der Waals surface area contributed by atoms with Gasteiger partial charge in [-0.2, -0.15) is 0 Å². The number of rotatable bonds is 7. The Balaban J connectivity index is 1.29. The molecule has 0 fully saturated rings. The highest BCUT2D eigenvalue weighted by molar-refractivity contribution is 7.19. The first-order valence-corrected chi connectivity index (χ1v) is 13.0. The molecule has 3 N–H and O–H groups in total. The molecule has 1 unspecified atom stereocenters. The lowest BCUT2D eigenvalue weighted by molar-refractivity contribution is 0.236. The zero-order valence-electron chi connectivity index (χ0n) is 18.4. The third-order valence-electron chi connectivity index (χ3n) is 5.80. The summed E-state index contributed by atoms with van der Waals surface area (Å²) in [6.07, 6.45) is 8.66. The van der Waals surface area contributed by atoms with Crippen molar-refractivity contribution in [2.24, 2.45) is 0 Å². The van der Waals surface area contributed by atoms with Crippen LogP contribution in [0.4, 0.5) is 16.3 Å². The van der Waals surface area contributed by atoms with Gasteiger partial charge in [0.2, 0.25) is 0 Å². The number of thiophene rings is 1. The Morgan fingerprint density at radius 2 is 2.15 bits per heavy atom. The molecule has 9 heteroatoms. The number of fused-ring (bicyclic) bond motifs is 2. The molecule has 4 aromatic rings. The molecule has 2 amide bonds. The number of hydrogen-bond donors (Lipinski definition) is 3. The van der Waals surface area contributed by atoms with Crippen LogP contribution in [-0.2, 0) is 0 Å². The number of thiazole rings is 1. The van der Waals surface area contributed by atoms with Gasteiger partial charge < -0.3 is 16.0 Å². The van der Waals surface area contributed by atoms with E-state index in [0.29, 0.717) is 0 Å². The average Bonchev–Trinajstić information content (AvgIpc) is 3.47. The topological polar surface area (TPSA) is 91.8 Å². The first-order valence-electron chi connectivity index (χ1n) is 11.3. The van der Waals surface area contributed by atoms with E-state index in [4.69, 9.17) is 0 Å². The van der Waals surface area contributed by atoms with Crippen LogP contribution in [0.2, 0.25) is 0 Å². The van der Waals surface area contributed by atoms with Crippen molar-refractivity contribution in [3.63, 3.8) is 0 Å². The number of carbonyl (C=O) groups excluding carboxylic acids is 1. The van der Waals surface area contributed by atoms with Gasteiger partial charge in [-0.25, -0.2) is 19.7 Å². The summed E-state index contributed by atoms with van der Waals surface area (Å²) in [6.45, 7) is 2.85. The summed E-state index contributed by atoms with van der Waals surface area (Å²) >= 11 is 3.33. The van der Waals surface area contributed by atoms with Gasteiger partial charge in [0.1, 0.15) is 17.0 Å². The van der Waals surface area contributed by atoms with Gasteiger partial charge in [0.25, 0.3) is 0 Å². The summed E-state index contributed by atoms with van der Waals surface area (Å²) in [7, 11) is 0. The van der Waals surface area contributed by atoms with E-state index in [1.807, 2.05) is 11.6 Å². The normalized spacial score (nSPS) is 16.0. The van der Waals surface area contributed by atoms with Gasteiger partial charge in [0.15, 0.2) is 0 Å². The number of allylic oxidation sites excluding steroid dienone is 1. The standard InChI is InChI=1S/C24H26N6OS2/c1-2-3-10-25-24(31)30-16-6-4-15(5-7-16)21-12-18-22(26-13-27-23(18)33-21)29-17-8-9-20-19(11-17)28-14-32-20/h4,8-9,11-14,16H,2-3,5-7,10H2,1H3,(H2,25,30,31)(H,26,27,29). The van der Waals surface area contributed by atoms with E-state index in [1.54, 1.807) is 29.0 Å². The highest BCUT2D eigenvalue weighted by Crippen LogP contribution is 2.37. The lowest BCUT2D eigenvalue weighted by Gasteiger charge is -2.22. The van der Waals surface area contributed by atoms with Crippen LogP contribution in [-0.4, -0.2) is 33.6 Å². The van der Waals surface area contributed by atoms with E-state index in [0.717, 1.165) is 65.9 Å². The predicted octanol–water partition coefficient (Wildman–Crippen LogP) is 6.08. The molecular weight excluding hydrogens is 452 g/mol. The van der Waals surface area contributed by atoms with Crippen molar-refractivity contribution >= 4 is 66.2 Å². The minimum Gasteiger partial charge on any atom is -0.340 e. The lowest BCUT2D eigenvalue weighted by Crippen LogP contribution is -2.42. The maximum Gasteiger partial charge on any atom is 0.315 e. The van der Waals surface area contributed by atoms with Crippen molar-refractivity contribution in [2.75, 3.05) is 11.9 Å². The zero-order valence-corrected chi connectivity index (χ0v) is 20.1. The second-order valence-electron chi connectivity index (χ2n) is 8.17. The molecule has 0 saturated carbocycles. The molecular formula is C24H26N6OS2. The molecule has 0 bridgehead atoms. The maximum absolute atomic E-state index is 12.0. The molecule has 7 nitrogen and oxygen atoms in total. The van der Waals surface area contributed by atoms with E-state index in [2.05, 4.69) is 62.1 Å². The Kier molecular flexibility index (Phi) is 6.50. The third-order valence-corrected chi connectivity index (χ3v) is 7.73. The largest absolute Gasteiger partial charge is 0.340 e. The number of aromatic nitrogens is 3. The Labute approximate surface area is 200 Å². The maximum atomic E-state index is 12.0. The van der Waals surface area contributed by atoms with Crippen LogP contribution in [0.25, 0.3) is 26.0 Å². The van der Waals surface area contributed by atoms with Crippen LogP contribution in [0.1, 0.15) is 43.9 Å². The van der Waals surface area contributed by atoms with Gasteiger partial charge >= 0.3 is 6.03 Å². The Hall–Kier alpha value is -3.04. The minimum absolute atomic E-state index is 0.0611. The number of nitrogens with one attached hydrogen (secondary N) is 3. The molecule has 5 rings (SSSR count). The van der Waals surface area contributed by atoms with E-state index in [-0.39, 0.29) is 12.1 Å². The van der Waals surface area contributed by atoms with Crippen molar-refractivity contribution in [1.29, 1.82) is 0 Å². The van der Waals surface area contributed by atoms with Crippen molar-refractivity contribution in [2.45, 2.75) is 45.1 Å². The van der Waals surface area contributed by atoms with Crippen LogP contribution in [0.3, 0.4) is 0 Å². The molecule has 1 aliphatic rings. The molecule has 0 saturated heterocycles. The highest BCUT2D eigenvalue weighted by Gasteiger charge is 2.19. The first kappa shape index (κ1) is 21.8. The molecule has 0 radical (unpaired) electrons. The molecule has 1 aromatic carbocycles. The van der Waals surface area contributed by atoms with Crippen LogP contribution < -0.4 is 16.0 Å². The summed E-state index contributed by atoms with van der Waals surface area (Å²) in [5.74, 6) is 0.803. The smallest absolute Gasteiger partial charge is 0.315 e. The molecule has 0 spiro atoms. The molecule has 170 valence electrons. The molecule has 1 atom stereocenters. The second kappa shape index (κ2) is 9.84. The number of nitrogens with zero attached hydrogens (tertiary/aromatic N) is 3. The SMILES string of the molecule is CCCCNC(=O)NC1CC=C(c2cc3c(Nc4ccc5scnc5c4)ncnc3s2)CC1. The number of hydrogen-bond acceptors (Lipinski definition) is 7. The summed E-state index contributed by atoms with van der Waals surface area (Å²) < 4.78 is 1.17. The molecule has 3 heterocycles. The van der Waals surface area contributed by atoms with Crippen LogP contribution in [0.5, 0.6) is 0 Å². The Bertz CT molecular complexity index is 1310. The summed E-state index contributed by atoms with van der Waals surface area (Å²) in [5.41, 5.74) is 5.12. The van der Waals surface area contributed by atoms with Crippen LogP contribution >= 0.6 is 22.7 Å². The number of benzene rings is 1. The summed E-state index contributed by atoms with van der Waals surface area (Å²) in [5, 5.41) is 10.5. The molecule has 33 heavy (non-hydrogen) atoms. The van der Waals surface area contributed by atoms with Crippen molar-refractivity contribution < 1.29 is 4.79 Å². The van der Waals surface area contributed by atoms with Gasteiger partial charge in [-0.1, -0.05) is 19.4 Å². The third kappa shape index (κ3) is 4.99. The molecule has 1 aliphatic carbocycles. The van der Waals surface area contributed by atoms with Gasteiger partial charge in [-0.15, -0.1) is 22.7 Å². The number of unbranched alkanes of at least 4 members (excludes halogenated alkanes) is 1. The monoisotopic (exact) mass is 478 g/mol. The number of anilines is 2. The van der Waals surface area contributed by atoms with E-state index < -0.39 is 0 Å². The van der Waals surface area contributed by atoms with Crippen molar-refractivity contribution in [3.05, 3.63) is 47.1 Å². The predicted molar refractivity (Wildman–Crippen MR) is 137 cm³/mol. The van der Waals surface area contributed by atoms with Crippen molar-refractivity contribution in [1.82, 2.24) is 25.6 Å². The molecule has 0 aliphatic heterocycles. The van der Waals surface area contributed by atoms with Gasteiger partial charge in [-0.3, -0.25) is 0 Å². The fourth-order valence-corrected chi connectivity index (χ4v) is 5.72. The Morgan fingerprint density at radius 1 is 1.21 bits per heavy atom. The van der Waals surface area contributed by atoms with E-state index >= 15 is 0 Å². The number of amides is 2. The highest BCUT2D eigenvalue weighted by atomic mass is 32.1. The summed E-state index contributed by atoms with van der Waals surface area (Å²) in [6, 6.07) is 8.48. The number of carbonyl (C=O) groups is 1. The minimum atomic E-state index is -0.0611. The van der Waals surface area contributed by atoms with Crippen molar-refractivity contribution in [3.8, 4) is 0 Å². The summed E-state index contributed by atoms with van der Waals surface area (Å²) in [4.78, 5) is 27.6. The van der Waals surface area contributed by atoms with Crippen LogP contribution in [0.15, 0.2) is 42.2 Å². The number of urea groups is 1. The van der Waals surface area contributed by atoms with Gasteiger partial charge in [0.05, 0.1) is 21.1 Å². The van der Waals surface area contributed by atoms with E-state index in [1.165, 1.54) is 15.2 Å². The average molecular weight is 479 g/mol. The van der Waals surface area contributed by atoms with Crippen LogP contribution in [0, 0.1) is 0 Å². The van der Waals surface area contributed by atoms with E-state index in [9.17, 15) is 4.79 Å². The lowest BCUT2D eigenvalue weighted by atomic mass is 9.94. The first-order chi connectivity index (χ1) is 16.2. The quantitative estimate of drug-likeness (QED) is 0.280. The second-order valence-corrected chi connectivity index (χ2v) is 10.1. The fraction of sp³-hybridized carbons (Fsp3) is 0.333. The Morgan fingerprint density at radius 3 is 3.00 bits per heavy atom.